The number of ether oxygens (including phenoxy) is 1. The Hall–Kier alpha value is -1.09. The van der Waals surface area contributed by atoms with Crippen molar-refractivity contribution in [2.24, 2.45) is 5.92 Å². The van der Waals surface area contributed by atoms with Gasteiger partial charge in [-0.3, -0.25) is 0 Å². The van der Waals surface area contributed by atoms with Gasteiger partial charge < -0.3 is 10.1 Å². The Morgan fingerprint density at radius 1 is 1.19 bits per heavy atom. The lowest BCUT2D eigenvalue weighted by atomic mass is 9.83. The summed E-state index contributed by atoms with van der Waals surface area (Å²) in [4.78, 5) is 0. The van der Waals surface area contributed by atoms with Crippen molar-refractivity contribution in [1.82, 2.24) is 5.32 Å². The van der Waals surface area contributed by atoms with Gasteiger partial charge in [0.25, 0.3) is 0 Å². The monoisotopic (exact) mass is 293 g/mol. The normalized spacial score (nSPS) is 18.8. The molecule has 0 aromatic heterocycles. The molecule has 1 aliphatic carbocycles. The van der Waals surface area contributed by atoms with E-state index in [1.807, 2.05) is 6.07 Å². The second kappa shape index (κ2) is 8.38. The fourth-order valence-electron chi connectivity index (χ4n) is 3.47. The standard InChI is InChI=1S/C18H28FNO/c1-3-20-18(14-9-7-5-4-6-8-10-14)15-11-12-17(21-2)16(19)13-15/h11-14,18,20H,3-10H2,1-2H3. The fourth-order valence-corrected chi connectivity index (χ4v) is 3.47. The van der Waals surface area contributed by atoms with Crippen LogP contribution in [0.25, 0.3) is 0 Å². The van der Waals surface area contributed by atoms with Crippen molar-refractivity contribution < 1.29 is 9.13 Å². The summed E-state index contributed by atoms with van der Waals surface area (Å²) >= 11 is 0. The highest BCUT2D eigenvalue weighted by Crippen LogP contribution is 2.34. The van der Waals surface area contributed by atoms with Gasteiger partial charge in [0.05, 0.1) is 7.11 Å². The molecule has 0 bridgehead atoms. The van der Waals surface area contributed by atoms with Crippen LogP contribution in [-0.2, 0) is 0 Å². The van der Waals surface area contributed by atoms with E-state index in [0.29, 0.717) is 11.7 Å². The molecule has 0 heterocycles. The first-order valence-electron chi connectivity index (χ1n) is 8.33. The average Bonchev–Trinajstić information content (AvgIpc) is 2.45. The Morgan fingerprint density at radius 2 is 1.86 bits per heavy atom. The molecule has 1 fully saturated rings. The molecule has 0 saturated heterocycles. The third-order valence-electron chi connectivity index (χ3n) is 4.58. The van der Waals surface area contributed by atoms with Gasteiger partial charge in [0.15, 0.2) is 11.6 Å². The third kappa shape index (κ3) is 4.44. The number of hydrogen-bond acceptors (Lipinski definition) is 2. The van der Waals surface area contributed by atoms with E-state index < -0.39 is 0 Å². The summed E-state index contributed by atoms with van der Waals surface area (Å²) in [6.07, 6.45) is 9.13. The average molecular weight is 293 g/mol. The molecule has 1 atom stereocenters. The summed E-state index contributed by atoms with van der Waals surface area (Å²) in [6.45, 7) is 3.03. The minimum absolute atomic E-state index is 0.258. The minimum atomic E-state index is -0.260. The van der Waals surface area contributed by atoms with Crippen LogP contribution in [-0.4, -0.2) is 13.7 Å². The van der Waals surface area contributed by atoms with E-state index in [4.69, 9.17) is 4.74 Å². The number of rotatable bonds is 5. The van der Waals surface area contributed by atoms with Gasteiger partial charge >= 0.3 is 0 Å². The first-order valence-corrected chi connectivity index (χ1v) is 8.33. The van der Waals surface area contributed by atoms with E-state index in [1.165, 1.54) is 52.1 Å². The van der Waals surface area contributed by atoms with Crippen molar-refractivity contribution in [2.45, 2.75) is 57.9 Å². The molecule has 1 aromatic rings. The summed E-state index contributed by atoms with van der Waals surface area (Å²) in [5.41, 5.74) is 1.06. The summed E-state index contributed by atoms with van der Waals surface area (Å²) in [6, 6.07) is 5.66. The summed E-state index contributed by atoms with van der Waals surface area (Å²) in [5, 5.41) is 3.57. The van der Waals surface area contributed by atoms with Crippen LogP contribution in [0.4, 0.5) is 4.39 Å². The second-order valence-corrected chi connectivity index (χ2v) is 6.03. The van der Waals surface area contributed by atoms with Crippen molar-refractivity contribution in [2.75, 3.05) is 13.7 Å². The van der Waals surface area contributed by atoms with Crippen LogP contribution >= 0.6 is 0 Å². The van der Waals surface area contributed by atoms with Crippen molar-refractivity contribution >= 4 is 0 Å². The SMILES string of the molecule is CCNC(c1ccc(OC)c(F)c1)C1CCCCCCC1. The molecule has 0 spiro atoms. The minimum Gasteiger partial charge on any atom is -0.494 e. The molecule has 0 aliphatic heterocycles. The Bertz CT molecular complexity index is 427. The third-order valence-corrected chi connectivity index (χ3v) is 4.58. The number of benzene rings is 1. The fraction of sp³-hybridized carbons (Fsp3) is 0.667. The zero-order valence-electron chi connectivity index (χ0n) is 13.3. The zero-order valence-corrected chi connectivity index (χ0v) is 13.3. The highest BCUT2D eigenvalue weighted by atomic mass is 19.1. The van der Waals surface area contributed by atoms with Crippen LogP contribution < -0.4 is 10.1 Å². The quantitative estimate of drug-likeness (QED) is 0.838. The van der Waals surface area contributed by atoms with E-state index in [9.17, 15) is 4.39 Å². The van der Waals surface area contributed by atoms with Crippen LogP contribution in [0.3, 0.4) is 0 Å². The molecule has 0 radical (unpaired) electrons. The van der Waals surface area contributed by atoms with Gasteiger partial charge in [-0.2, -0.15) is 0 Å². The first kappa shape index (κ1) is 16.3. The highest BCUT2D eigenvalue weighted by molar-refractivity contribution is 5.31. The Labute approximate surface area is 128 Å². The number of nitrogens with one attached hydrogen (secondary N) is 1. The predicted molar refractivity (Wildman–Crippen MR) is 85.2 cm³/mol. The lowest BCUT2D eigenvalue weighted by Gasteiger charge is -2.30. The molecule has 1 saturated carbocycles. The van der Waals surface area contributed by atoms with Crippen LogP contribution in [0.15, 0.2) is 18.2 Å². The maximum absolute atomic E-state index is 14.0. The largest absolute Gasteiger partial charge is 0.494 e. The number of hydrogen-bond donors (Lipinski definition) is 1. The molecular weight excluding hydrogens is 265 g/mol. The lowest BCUT2D eigenvalue weighted by molar-refractivity contribution is 0.290. The van der Waals surface area contributed by atoms with Crippen LogP contribution in [0.2, 0.25) is 0 Å². The van der Waals surface area contributed by atoms with Crippen molar-refractivity contribution in [3.05, 3.63) is 29.6 Å². The molecule has 2 nitrogen and oxygen atoms in total. The molecule has 1 N–H and O–H groups in total. The summed E-state index contributed by atoms with van der Waals surface area (Å²) in [5.74, 6) is 0.674. The molecule has 118 valence electrons. The Balaban J connectivity index is 2.18. The maximum atomic E-state index is 14.0. The van der Waals surface area contributed by atoms with Crippen LogP contribution in [0.1, 0.15) is 63.5 Å². The van der Waals surface area contributed by atoms with E-state index in [2.05, 4.69) is 12.2 Å². The van der Waals surface area contributed by atoms with Crippen molar-refractivity contribution in [1.29, 1.82) is 0 Å². The first-order chi connectivity index (χ1) is 10.3. The van der Waals surface area contributed by atoms with Gasteiger partial charge in [-0.15, -0.1) is 0 Å². The van der Waals surface area contributed by atoms with Gasteiger partial charge in [0, 0.05) is 6.04 Å². The molecule has 1 unspecified atom stereocenters. The predicted octanol–water partition coefficient (Wildman–Crippen LogP) is 4.85. The molecule has 2 rings (SSSR count). The summed E-state index contributed by atoms with van der Waals surface area (Å²) in [7, 11) is 1.51. The van der Waals surface area contributed by atoms with Gasteiger partial charge in [0.2, 0.25) is 0 Å². The van der Waals surface area contributed by atoms with Crippen LogP contribution in [0, 0.1) is 11.7 Å². The second-order valence-electron chi connectivity index (χ2n) is 6.03. The van der Waals surface area contributed by atoms with Crippen LogP contribution in [0.5, 0.6) is 5.75 Å². The number of methoxy groups -OCH3 is 1. The van der Waals surface area contributed by atoms with Gasteiger partial charge in [-0.25, -0.2) is 4.39 Å². The number of halogens is 1. The topological polar surface area (TPSA) is 21.3 Å². The van der Waals surface area contributed by atoms with E-state index in [1.54, 1.807) is 12.1 Å². The zero-order chi connectivity index (χ0) is 15.1. The molecule has 0 amide bonds. The van der Waals surface area contributed by atoms with Gasteiger partial charge in [-0.1, -0.05) is 45.1 Å². The Morgan fingerprint density at radius 3 is 2.43 bits per heavy atom. The molecule has 1 aromatic carbocycles. The highest BCUT2D eigenvalue weighted by Gasteiger charge is 2.23. The van der Waals surface area contributed by atoms with E-state index in [-0.39, 0.29) is 11.9 Å². The maximum Gasteiger partial charge on any atom is 0.165 e. The molecule has 3 heteroatoms. The molecule has 1 aliphatic rings. The summed E-state index contributed by atoms with van der Waals surface area (Å²) < 4.78 is 19.0. The van der Waals surface area contributed by atoms with E-state index in [0.717, 1.165) is 12.1 Å². The lowest BCUT2D eigenvalue weighted by Crippen LogP contribution is -2.29. The van der Waals surface area contributed by atoms with Crippen molar-refractivity contribution in [3.63, 3.8) is 0 Å². The molecular formula is C18H28FNO. The van der Waals surface area contributed by atoms with Gasteiger partial charge in [-0.05, 0) is 43.0 Å². The van der Waals surface area contributed by atoms with E-state index >= 15 is 0 Å². The van der Waals surface area contributed by atoms with Crippen molar-refractivity contribution in [3.8, 4) is 5.75 Å². The van der Waals surface area contributed by atoms with Gasteiger partial charge in [0.1, 0.15) is 0 Å². The Kier molecular flexibility index (Phi) is 6.50. The smallest absolute Gasteiger partial charge is 0.165 e. The molecule has 21 heavy (non-hydrogen) atoms.